The minimum atomic E-state index is -0.152. The van der Waals surface area contributed by atoms with E-state index >= 15 is 0 Å². The topological polar surface area (TPSA) is 82.8 Å². The molecular weight excluding hydrogens is 272 g/mol. The number of nitrogens with one attached hydrogen (secondary N) is 1. The van der Waals surface area contributed by atoms with Crippen LogP contribution in [0.4, 0.5) is 0 Å². The van der Waals surface area contributed by atoms with Gasteiger partial charge in [-0.15, -0.1) is 0 Å². The molecule has 2 aliphatic heterocycles. The summed E-state index contributed by atoms with van der Waals surface area (Å²) >= 11 is 0. The van der Waals surface area contributed by atoms with E-state index in [4.69, 9.17) is 19.9 Å². The fourth-order valence-electron chi connectivity index (χ4n) is 3.35. The van der Waals surface area contributed by atoms with Crippen molar-refractivity contribution in [2.75, 3.05) is 19.8 Å². The summed E-state index contributed by atoms with van der Waals surface area (Å²) in [6.45, 7) is 1.78. The van der Waals surface area contributed by atoms with Gasteiger partial charge in [0.05, 0.1) is 12.1 Å². The summed E-state index contributed by atoms with van der Waals surface area (Å²) in [5.74, 6) is 1.52. The molecule has 0 radical (unpaired) electrons. The van der Waals surface area contributed by atoms with Crippen molar-refractivity contribution < 1.29 is 19.0 Å². The van der Waals surface area contributed by atoms with Crippen molar-refractivity contribution in [1.82, 2.24) is 5.32 Å². The first kappa shape index (κ1) is 12.9. The molecule has 1 aromatic rings. The van der Waals surface area contributed by atoms with E-state index in [0.29, 0.717) is 36.2 Å². The molecule has 21 heavy (non-hydrogen) atoms. The van der Waals surface area contributed by atoms with Crippen molar-refractivity contribution in [1.29, 1.82) is 0 Å². The number of hydrogen-bond acceptors (Lipinski definition) is 5. The van der Waals surface area contributed by atoms with Crippen LogP contribution in [0.3, 0.4) is 0 Å². The first-order valence-corrected chi connectivity index (χ1v) is 7.32. The monoisotopic (exact) mass is 290 g/mol. The highest BCUT2D eigenvalue weighted by Gasteiger charge is 2.52. The summed E-state index contributed by atoms with van der Waals surface area (Å²) in [4.78, 5) is 12.3. The molecule has 4 unspecified atom stereocenters. The van der Waals surface area contributed by atoms with E-state index in [1.54, 1.807) is 18.2 Å². The van der Waals surface area contributed by atoms with E-state index in [0.717, 1.165) is 13.0 Å². The lowest BCUT2D eigenvalue weighted by Crippen LogP contribution is -2.68. The quantitative estimate of drug-likeness (QED) is 0.818. The van der Waals surface area contributed by atoms with Gasteiger partial charge in [-0.1, -0.05) is 0 Å². The molecule has 2 heterocycles. The van der Waals surface area contributed by atoms with Gasteiger partial charge in [0, 0.05) is 24.1 Å². The zero-order valence-electron chi connectivity index (χ0n) is 11.6. The van der Waals surface area contributed by atoms with Crippen molar-refractivity contribution in [3.63, 3.8) is 0 Å². The zero-order chi connectivity index (χ0) is 14.4. The molecule has 2 fully saturated rings. The SMILES string of the molecule is NC1C2CCOC2C1NC(=O)c1ccc2c(c1)OCCO2. The van der Waals surface area contributed by atoms with Crippen LogP contribution in [0.5, 0.6) is 11.5 Å². The van der Waals surface area contributed by atoms with Crippen LogP contribution >= 0.6 is 0 Å². The summed E-state index contributed by atoms with van der Waals surface area (Å²) in [7, 11) is 0. The Morgan fingerprint density at radius 1 is 1.19 bits per heavy atom. The molecule has 0 aromatic heterocycles. The predicted molar refractivity (Wildman–Crippen MR) is 74.5 cm³/mol. The van der Waals surface area contributed by atoms with Gasteiger partial charge in [-0.2, -0.15) is 0 Å². The number of hydrogen-bond donors (Lipinski definition) is 2. The summed E-state index contributed by atoms with van der Waals surface area (Å²) in [5, 5.41) is 2.98. The molecule has 1 saturated heterocycles. The van der Waals surface area contributed by atoms with Gasteiger partial charge < -0.3 is 25.3 Å². The molecule has 4 rings (SSSR count). The highest BCUT2D eigenvalue weighted by atomic mass is 16.6. The van der Waals surface area contributed by atoms with Gasteiger partial charge in [-0.3, -0.25) is 4.79 Å². The minimum absolute atomic E-state index is 0.0151. The maximum atomic E-state index is 12.3. The number of nitrogens with two attached hydrogens (primary N) is 1. The Balaban J connectivity index is 1.48. The van der Waals surface area contributed by atoms with Crippen molar-refractivity contribution >= 4 is 5.91 Å². The van der Waals surface area contributed by atoms with Crippen LogP contribution in [0, 0.1) is 5.92 Å². The largest absolute Gasteiger partial charge is 0.486 e. The molecule has 6 nitrogen and oxygen atoms in total. The van der Waals surface area contributed by atoms with Crippen molar-refractivity contribution in [2.45, 2.75) is 24.6 Å². The average Bonchev–Trinajstić information content (AvgIpc) is 2.96. The molecule has 6 heteroatoms. The third-order valence-electron chi connectivity index (χ3n) is 4.55. The van der Waals surface area contributed by atoms with Crippen LogP contribution in [0.1, 0.15) is 16.8 Å². The second-order valence-corrected chi connectivity index (χ2v) is 5.72. The van der Waals surface area contributed by atoms with Crippen LogP contribution in [0.2, 0.25) is 0 Å². The van der Waals surface area contributed by atoms with Crippen molar-refractivity contribution in [2.24, 2.45) is 11.7 Å². The Bertz CT molecular complexity index is 577. The standard InChI is InChI=1S/C15H18N2O4/c16-12-9-3-4-21-14(9)13(12)17-15(18)8-1-2-10-11(7-8)20-6-5-19-10/h1-2,7,9,12-14H,3-6,16H2,(H,17,18). The van der Waals surface area contributed by atoms with Crippen molar-refractivity contribution in [3.05, 3.63) is 23.8 Å². The van der Waals surface area contributed by atoms with E-state index in [2.05, 4.69) is 5.32 Å². The smallest absolute Gasteiger partial charge is 0.251 e. The number of ether oxygens (including phenoxy) is 3. The van der Waals surface area contributed by atoms with Gasteiger partial charge in [0.25, 0.3) is 5.91 Å². The molecule has 0 spiro atoms. The normalized spacial score (nSPS) is 33.0. The minimum Gasteiger partial charge on any atom is -0.486 e. The summed E-state index contributed by atoms with van der Waals surface area (Å²) in [6, 6.07) is 5.09. The maximum absolute atomic E-state index is 12.3. The first-order valence-electron chi connectivity index (χ1n) is 7.32. The number of carbonyl (C=O) groups is 1. The van der Waals surface area contributed by atoms with Gasteiger partial charge in [-0.05, 0) is 24.6 Å². The van der Waals surface area contributed by atoms with Gasteiger partial charge in [0.15, 0.2) is 11.5 Å². The second-order valence-electron chi connectivity index (χ2n) is 5.72. The Hall–Kier alpha value is -1.79. The number of fused-ring (bicyclic) bond motifs is 2. The van der Waals surface area contributed by atoms with Crippen LogP contribution in [0.15, 0.2) is 18.2 Å². The summed E-state index contributed by atoms with van der Waals surface area (Å²) in [6.07, 6.45) is 1.06. The third kappa shape index (κ3) is 2.06. The lowest BCUT2D eigenvalue weighted by Gasteiger charge is -2.45. The van der Waals surface area contributed by atoms with Gasteiger partial charge in [0.2, 0.25) is 0 Å². The van der Waals surface area contributed by atoms with E-state index in [9.17, 15) is 4.79 Å². The Labute approximate surface area is 122 Å². The molecule has 1 saturated carbocycles. The zero-order valence-corrected chi connectivity index (χ0v) is 11.6. The number of rotatable bonds is 2. The predicted octanol–water partition coefficient (Wildman–Crippen LogP) is 0.302. The van der Waals surface area contributed by atoms with Crippen LogP contribution < -0.4 is 20.5 Å². The maximum Gasteiger partial charge on any atom is 0.251 e. The average molecular weight is 290 g/mol. The van der Waals surface area contributed by atoms with Crippen LogP contribution in [0.25, 0.3) is 0 Å². The molecule has 1 aliphatic carbocycles. The van der Waals surface area contributed by atoms with Gasteiger partial charge >= 0.3 is 0 Å². The fraction of sp³-hybridized carbons (Fsp3) is 0.533. The summed E-state index contributed by atoms with van der Waals surface area (Å²) < 4.78 is 16.6. The van der Waals surface area contributed by atoms with Gasteiger partial charge in [-0.25, -0.2) is 0 Å². The number of carbonyl (C=O) groups excluding carboxylic acids is 1. The highest BCUT2D eigenvalue weighted by molar-refractivity contribution is 5.95. The third-order valence-corrected chi connectivity index (χ3v) is 4.55. The molecule has 3 N–H and O–H groups in total. The van der Waals surface area contributed by atoms with E-state index in [1.807, 2.05) is 0 Å². The lowest BCUT2D eigenvalue weighted by atomic mass is 9.72. The van der Waals surface area contributed by atoms with Crippen molar-refractivity contribution in [3.8, 4) is 11.5 Å². The molecule has 4 atom stereocenters. The first-order chi connectivity index (χ1) is 10.2. The van der Waals surface area contributed by atoms with Crippen LogP contribution in [-0.2, 0) is 4.74 Å². The Kier molecular flexibility index (Phi) is 3.01. The lowest BCUT2D eigenvalue weighted by molar-refractivity contribution is -0.0161. The second kappa shape index (κ2) is 4.89. The molecule has 112 valence electrons. The fourth-order valence-corrected chi connectivity index (χ4v) is 3.35. The molecule has 0 bridgehead atoms. The Morgan fingerprint density at radius 3 is 2.86 bits per heavy atom. The number of amides is 1. The van der Waals surface area contributed by atoms with E-state index in [1.165, 1.54) is 0 Å². The molecule has 1 amide bonds. The van der Waals surface area contributed by atoms with Crippen LogP contribution in [-0.4, -0.2) is 43.9 Å². The van der Waals surface area contributed by atoms with E-state index < -0.39 is 0 Å². The highest BCUT2D eigenvalue weighted by Crippen LogP contribution is 2.38. The van der Waals surface area contributed by atoms with Gasteiger partial charge in [0.1, 0.15) is 13.2 Å². The Morgan fingerprint density at radius 2 is 2.00 bits per heavy atom. The molecular formula is C15H18N2O4. The van der Waals surface area contributed by atoms with E-state index in [-0.39, 0.29) is 24.1 Å². The number of benzene rings is 1. The molecule has 3 aliphatic rings. The molecule has 1 aromatic carbocycles. The summed E-state index contributed by atoms with van der Waals surface area (Å²) in [5.41, 5.74) is 6.65.